The van der Waals surface area contributed by atoms with Crippen LogP contribution in [-0.2, 0) is 0 Å². The van der Waals surface area contributed by atoms with Crippen LogP contribution >= 0.6 is 0 Å². The monoisotopic (exact) mass is 210 g/mol. The Morgan fingerprint density at radius 2 is 1.62 bits per heavy atom. The standard InChI is InChI=1S/CHNO.CHNSe.K.Na/c2*2-1-3;;/h2*3H;;/q;;2*+1/p-2. The van der Waals surface area contributed by atoms with E-state index in [1.54, 1.807) is 0 Å². The van der Waals surface area contributed by atoms with E-state index in [2.05, 4.69) is 4.97 Å². The Kier molecular flexibility index (Phi) is 47.6. The van der Waals surface area contributed by atoms with Crippen LogP contribution in [0.15, 0.2) is 0 Å². The molecule has 0 aliphatic rings. The molecule has 0 aliphatic carbocycles. The molecular weight excluding hydrogens is 209 g/mol. The second-order valence-electron chi connectivity index (χ2n) is 0.387. The molecule has 0 fully saturated rings. The van der Waals surface area contributed by atoms with Crippen LogP contribution in [0.3, 0.4) is 0 Å². The largest absolute Gasteiger partial charge is 1.00 e. The molecule has 3 nitrogen and oxygen atoms in total. The topological polar surface area (TPSA) is 70.6 Å². The van der Waals surface area contributed by atoms with Gasteiger partial charge in [-0.05, 0) is 0 Å². The number of hydrogen-bond donors (Lipinski definition) is 0. The van der Waals surface area contributed by atoms with Crippen LogP contribution < -0.4 is 34.7 Å². The van der Waals surface area contributed by atoms with Gasteiger partial charge in [0.05, 0.1) is 0 Å². The van der Waals surface area contributed by atoms with Crippen LogP contribution in [0.25, 0.3) is 0 Å². The Morgan fingerprint density at radius 1 is 1.50 bits per heavy atom. The summed E-state index contributed by atoms with van der Waals surface area (Å²) in [4.78, 5) is 2.08. The van der Waals surface area contributed by atoms with E-state index in [1.165, 1.54) is 0 Å². The molecular formula is C2KN2NaOSe. The van der Waals surface area contributed by atoms with E-state index in [4.69, 9.17) is 15.6 Å². The smallest absolute Gasteiger partial charge is 1.00 e. The van der Waals surface area contributed by atoms with Gasteiger partial charge in [0.25, 0.3) is 0 Å². The molecule has 0 N–H and O–H groups in total. The van der Waals surface area contributed by atoms with E-state index in [9.17, 15) is 0 Å². The Hall–Kier alpha value is 1.94. The molecule has 0 aromatic rings. The van der Waals surface area contributed by atoms with Crippen molar-refractivity contribution in [2.45, 2.75) is 0 Å². The van der Waals surface area contributed by atoms with E-state index in [1.807, 2.05) is 0 Å². The Bertz CT molecular complexity index is 97.2. The second-order valence-corrected chi connectivity index (χ2v) is 4.94. The van der Waals surface area contributed by atoms with Crippen LogP contribution in [0.5, 0.6) is 0 Å². The summed E-state index contributed by atoms with van der Waals surface area (Å²) in [6.07, 6.45) is 0.500. The first-order valence-electron chi connectivity index (χ1n) is 1.26. The third kappa shape index (κ3) is 44.3. The maximum Gasteiger partial charge on any atom is 1.00 e. The molecule has 0 spiro atoms. The summed E-state index contributed by atoms with van der Waals surface area (Å²) in [7, 11) is 0. The summed E-state index contributed by atoms with van der Waals surface area (Å²) in [5, 5.41) is 22.7. The fraction of sp³-hybridized carbons (Fsp3) is 0. The van der Waals surface area contributed by atoms with Gasteiger partial charge in [-0.3, -0.25) is 0 Å². The molecule has 0 heterocycles. The minimum atomic E-state index is 0. The van der Waals surface area contributed by atoms with Gasteiger partial charge < -0.3 is 5.11 Å². The maximum atomic E-state index is 8.24. The van der Waals surface area contributed by atoms with Crippen molar-refractivity contribution in [1.82, 2.24) is 0 Å². The minimum absolute atomic E-state index is 0. The Morgan fingerprint density at radius 3 is 1.62 bits per heavy atom. The van der Waals surface area contributed by atoms with Gasteiger partial charge in [0, 0.05) is 6.26 Å². The van der Waals surface area contributed by atoms with E-state index >= 15 is 0 Å². The first-order chi connectivity index (χ1) is 3.33. The van der Waals surface area contributed by atoms with Crippen molar-refractivity contribution in [2.75, 3.05) is 0 Å². The summed E-state index contributed by atoms with van der Waals surface area (Å²) >= 11 is 0.814. The van der Waals surface area contributed by atoms with Crippen LogP contribution in [0, 0.1) is 21.7 Å². The average Bonchev–Trinajstić information content (AvgIpc) is 1.69. The molecule has 0 aliphatic heterocycles. The molecule has 0 saturated carbocycles. The molecule has 8 heavy (non-hydrogen) atoms. The number of nitriles is 2. The molecule has 0 radical (unpaired) electrons. The molecule has 0 unspecified atom stereocenters. The Balaban J connectivity index is -0.0000000575. The van der Waals surface area contributed by atoms with Crippen LogP contribution in [0.1, 0.15) is 0 Å². The van der Waals surface area contributed by atoms with Crippen molar-refractivity contribution in [3.63, 3.8) is 0 Å². The second kappa shape index (κ2) is 23.1. The van der Waals surface area contributed by atoms with Gasteiger partial charge in [-0.25, -0.2) is 5.26 Å². The van der Waals surface area contributed by atoms with Gasteiger partial charge in [-0.2, -0.15) is 0 Å². The summed E-state index contributed by atoms with van der Waals surface area (Å²) in [6, 6.07) is 0. The van der Waals surface area contributed by atoms with Crippen molar-refractivity contribution >= 4 is 51.0 Å². The van der Waals surface area contributed by atoms with Crippen molar-refractivity contribution in [3.8, 4) is 11.2 Å². The van der Waals surface area contributed by atoms with Gasteiger partial charge >= 0.3 is 90.8 Å². The van der Waals surface area contributed by atoms with E-state index in [-0.39, 0.29) is 29.6 Å². The number of rotatable bonds is 0. The molecule has 0 saturated heterocycles. The normalized spacial score (nSPS) is 3.50. The molecule has 0 aromatic carbocycles. The molecule has 32 valence electrons. The minimum Gasteiger partial charge on any atom is 1.00 e. The predicted octanol–water partition coefficient (Wildman–Crippen LogP) is -4.91. The van der Waals surface area contributed by atoms with Crippen LogP contribution in [-0.4, -0.2) is 51.0 Å². The molecule has 0 rings (SSSR count). The fourth-order valence-corrected chi connectivity index (χ4v) is 0. The summed E-state index contributed by atoms with van der Waals surface area (Å²) in [5.41, 5.74) is 0.410. The van der Waals surface area contributed by atoms with Gasteiger partial charge in [-0.15, -0.1) is 0 Å². The maximum absolute atomic E-state index is 8.24. The van der Waals surface area contributed by atoms with Crippen LogP contribution in [0.4, 0.5) is 0 Å². The van der Waals surface area contributed by atoms with Gasteiger partial charge in [0.15, 0.2) is 0 Å². The van der Waals surface area contributed by atoms with Crippen molar-refractivity contribution in [3.05, 3.63) is 0 Å². The van der Waals surface area contributed by atoms with Crippen molar-refractivity contribution in [1.29, 1.82) is 10.5 Å². The third-order valence-electron chi connectivity index (χ3n) is 0.0913. The van der Waals surface area contributed by atoms with E-state index in [0.717, 1.165) is 45.4 Å². The first kappa shape index (κ1) is 16.5. The fourth-order valence-electron chi connectivity index (χ4n) is 0. The zero-order chi connectivity index (χ0) is 6.12. The van der Waals surface area contributed by atoms with Gasteiger partial charge in [-0.1, -0.05) is 0 Å². The zero-order valence-electron chi connectivity index (χ0n) is 4.71. The molecule has 0 bridgehead atoms. The predicted molar refractivity (Wildman–Crippen MR) is 22.7 cm³/mol. The number of hydrogen-bond acceptors (Lipinski definition) is 3. The van der Waals surface area contributed by atoms with Crippen LogP contribution in [0.2, 0.25) is 0 Å². The third-order valence-corrected chi connectivity index (χ3v) is 1.96. The van der Waals surface area contributed by atoms with Gasteiger partial charge in [0.2, 0.25) is 0 Å². The molecule has 0 atom stereocenters. The van der Waals surface area contributed by atoms with Crippen molar-refractivity contribution < 1.29 is 34.7 Å². The number of nitrogens with zero attached hydrogens (tertiary/aromatic N) is 2. The van der Waals surface area contributed by atoms with E-state index < -0.39 is 0 Å². The van der Waals surface area contributed by atoms with E-state index in [0.29, 0.717) is 11.9 Å². The Labute approximate surface area is 105 Å². The molecule has 0 aromatic heterocycles. The quantitative estimate of drug-likeness (QED) is 0.296. The molecule has 6 heteroatoms. The summed E-state index contributed by atoms with van der Waals surface area (Å²) < 4.78 is 0. The summed E-state index contributed by atoms with van der Waals surface area (Å²) in [6.45, 7) is 0. The SMILES string of the molecule is N#C[O-].N#C[Se][K].[Na+]. The van der Waals surface area contributed by atoms with Gasteiger partial charge in [0.1, 0.15) is 0 Å². The first-order valence-corrected chi connectivity index (χ1v) is 10.5. The average molecular weight is 209 g/mol. The summed E-state index contributed by atoms with van der Waals surface area (Å²) in [5.74, 6) is 0. The molecule has 0 amide bonds. The van der Waals surface area contributed by atoms with Crippen molar-refractivity contribution in [2.24, 2.45) is 0 Å². The zero-order valence-corrected chi connectivity index (χ0v) is 11.5.